The van der Waals surface area contributed by atoms with E-state index in [1.807, 2.05) is 0 Å². The monoisotopic (exact) mass is 253 g/mol. The van der Waals surface area contributed by atoms with E-state index in [9.17, 15) is 9.59 Å². The topological polar surface area (TPSA) is 66.4 Å². The van der Waals surface area contributed by atoms with Gasteiger partial charge in [-0.25, -0.2) is 4.79 Å². The maximum Gasteiger partial charge on any atom is 0.328 e. The van der Waals surface area contributed by atoms with Crippen molar-refractivity contribution in [3.8, 4) is 0 Å². The first-order valence-corrected chi connectivity index (χ1v) is 5.27. The average molecular weight is 254 g/mol. The lowest BCUT2D eigenvalue weighted by molar-refractivity contribution is -0.131. The lowest BCUT2D eigenvalue weighted by Gasteiger charge is -2.09. The number of hydrogen-bond acceptors (Lipinski definition) is 2. The van der Waals surface area contributed by atoms with Crippen LogP contribution in [-0.4, -0.2) is 17.0 Å². The summed E-state index contributed by atoms with van der Waals surface area (Å²) in [5.74, 6) is -1.61. The molecule has 0 unspecified atom stereocenters. The van der Waals surface area contributed by atoms with Crippen LogP contribution in [0.2, 0.25) is 5.02 Å². The molecule has 0 atom stereocenters. The van der Waals surface area contributed by atoms with Crippen LogP contribution < -0.4 is 5.32 Å². The molecule has 5 heteroatoms. The summed E-state index contributed by atoms with van der Waals surface area (Å²) >= 11 is 5.90. The van der Waals surface area contributed by atoms with Crippen LogP contribution in [0.1, 0.15) is 12.5 Å². The van der Waals surface area contributed by atoms with Crippen molar-refractivity contribution in [1.29, 1.82) is 0 Å². The molecular formula is C12H12ClNO3. The van der Waals surface area contributed by atoms with Crippen LogP contribution in [0.4, 0.5) is 5.69 Å². The minimum Gasteiger partial charge on any atom is -0.478 e. The Morgan fingerprint density at radius 2 is 2.06 bits per heavy atom. The Balaban J connectivity index is 2.89. The van der Waals surface area contributed by atoms with E-state index >= 15 is 0 Å². The molecule has 0 saturated heterocycles. The Bertz CT molecular complexity index is 495. The number of hydrogen-bond donors (Lipinski definition) is 2. The molecule has 0 aliphatic rings. The zero-order valence-electron chi connectivity index (χ0n) is 9.45. The van der Waals surface area contributed by atoms with Gasteiger partial charge in [0.1, 0.15) is 0 Å². The number of carboxylic acids is 1. The molecular weight excluding hydrogens is 242 g/mol. The molecule has 17 heavy (non-hydrogen) atoms. The molecule has 90 valence electrons. The second kappa shape index (κ2) is 5.50. The fourth-order valence-corrected chi connectivity index (χ4v) is 1.39. The molecule has 0 aliphatic heterocycles. The van der Waals surface area contributed by atoms with Gasteiger partial charge in [-0.3, -0.25) is 4.79 Å². The van der Waals surface area contributed by atoms with Gasteiger partial charge in [-0.15, -0.1) is 0 Å². The van der Waals surface area contributed by atoms with Crippen molar-refractivity contribution in [2.24, 2.45) is 0 Å². The van der Waals surface area contributed by atoms with Crippen molar-refractivity contribution < 1.29 is 14.7 Å². The van der Waals surface area contributed by atoms with E-state index in [1.165, 1.54) is 6.92 Å². The van der Waals surface area contributed by atoms with Crippen molar-refractivity contribution in [2.45, 2.75) is 13.8 Å². The van der Waals surface area contributed by atoms with Crippen molar-refractivity contribution in [2.75, 3.05) is 5.32 Å². The largest absolute Gasteiger partial charge is 0.478 e. The van der Waals surface area contributed by atoms with Gasteiger partial charge in [0.2, 0.25) is 0 Å². The predicted octanol–water partition coefficient (Wildman–Crippen LogP) is 2.62. The number of nitrogens with one attached hydrogen (secondary N) is 1. The van der Waals surface area contributed by atoms with E-state index in [1.54, 1.807) is 25.1 Å². The summed E-state index contributed by atoms with van der Waals surface area (Å²) in [7, 11) is 0. The number of carboxylic acid groups (broad SMARTS) is 1. The van der Waals surface area contributed by atoms with Crippen molar-refractivity contribution in [3.63, 3.8) is 0 Å². The molecule has 1 aromatic rings. The van der Waals surface area contributed by atoms with Gasteiger partial charge in [0, 0.05) is 22.4 Å². The molecule has 0 bridgehead atoms. The minimum atomic E-state index is -1.15. The van der Waals surface area contributed by atoms with Gasteiger partial charge >= 0.3 is 5.97 Å². The van der Waals surface area contributed by atoms with E-state index < -0.39 is 11.9 Å². The van der Waals surface area contributed by atoms with Crippen LogP contribution in [0.25, 0.3) is 0 Å². The Kier molecular flexibility index (Phi) is 4.29. The van der Waals surface area contributed by atoms with E-state index in [0.717, 1.165) is 11.6 Å². The van der Waals surface area contributed by atoms with E-state index in [-0.39, 0.29) is 5.57 Å². The first kappa shape index (κ1) is 13.3. The summed E-state index contributed by atoms with van der Waals surface area (Å²) in [4.78, 5) is 22.0. The van der Waals surface area contributed by atoms with Crippen LogP contribution in [0.15, 0.2) is 29.8 Å². The SMILES string of the molecule is CC(=CC(=O)O)C(=O)Nc1cccc(Cl)c1C. The first-order chi connectivity index (χ1) is 7.91. The standard InChI is InChI=1S/C12H12ClNO3/c1-7(6-11(15)16)12(17)14-10-5-3-4-9(13)8(10)2/h3-6H,1-2H3,(H,14,17)(H,15,16). The smallest absolute Gasteiger partial charge is 0.328 e. The average Bonchev–Trinajstić information content (AvgIpc) is 2.23. The van der Waals surface area contributed by atoms with Crippen LogP contribution in [-0.2, 0) is 9.59 Å². The summed E-state index contributed by atoms with van der Waals surface area (Å²) in [6.07, 6.45) is 0.856. The fraction of sp³-hybridized carbons (Fsp3) is 0.167. The quantitative estimate of drug-likeness (QED) is 0.814. The van der Waals surface area contributed by atoms with Crippen molar-refractivity contribution >= 4 is 29.2 Å². The normalized spacial score (nSPS) is 11.1. The molecule has 0 spiro atoms. The molecule has 0 radical (unpaired) electrons. The zero-order chi connectivity index (χ0) is 13.0. The molecule has 0 fully saturated rings. The second-order valence-corrected chi connectivity index (χ2v) is 3.94. The number of benzene rings is 1. The van der Waals surface area contributed by atoms with Gasteiger partial charge in [-0.1, -0.05) is 17.7 Å². The molecule has 2 N–H and O–H groups in total. The van der Waals surface area contributed by atoms with Crippen LogP contribution >= 0.6 is 11.6 Å². The van der Waals surface area contributed by atoms with Crippen LogP contribution in [0.3, 0.4) is 0 Å². The Morgan fingerprint density at radius 1 is 1.41 bits per heavy atom. The highest BCUT2D eigenvalue weighted by atomic mass is 35.5. The summed E-state index contributed by atoms with van der Waals surface area (Å²) in [5, 5.41) is 11.7. The van der Waals surface area contributed by atoms with Gasteiger partial charge in [0.05, 0.1) is 0 Å². The maximum absolute atomic E-state index is 11.6. The third kappa shape index (κ3) is 3.60. The highest BCUT2D eigenvalue weighted by Gasteiger charge is 2.09. The number of aliphatic carboxylic acids is 1. The number of carbonyl (C=O) groups excluding carboxylic acids is 1. The number of carbonyl (C=O) groups is 2. The van der Waals surface area contributed by atoms with E-state index in [4.69, 9.17) is 16.7 Å². The van der Waals surface area contributed by atoms with E-state index in [2.05, 4.69) is 5.32 Å². The Morgan fingerprint density at radius 3 is 2.65 bits per heavy atom. The molecule has 1 aromatic carbocycles. The second-order valence-electron chi connectivity index (χ2n) is 3.53. The van der Waals surface area contributed by atoms with Crippen LogP contribution in [0.5, 0.6) is 0 Å². The third-order valence-corrected chi connectivity index (χ3v) is 2.62. The first-order valence-electron chi connectivity index (χ1n) is 4.89. The van der Waals surface area contributed by atoms with E-state index in [0.29, 0.717) is 10.7 Å². The molecule has 0 aliphatic carbocycles. The van der Waals surface area contributed by atoms with Crippen molar-refractivity contribution in [3.05, 3.63) is 40.4 Å². The van der Waals surface area contributed by atoms with Gasteiger partial charge < -0.3 is 10.4 Å². The molecule has 4 nitrogen and oxygen atoms in total. The van der Waals surface area contributed by atoms with Gasteiger partial charge in [0.15, 0.2) is 0 Å². The van der Waals surface area contributed by atoms with Gasteiger partial charge in [-0.2, -0.15) is 0 Å². The summed E-state index contributed by atoms with van der Waals surface area (Å²) in [6, 6.07) is 5.13. The van der Waals surface area contributed by atoms with Crippen molar-refractivity contribution in [1.82, 2.24) is 0 Å². The molecule has 0 heterocycles. The predicted molar refractivity (Wildman–Crippen MR) is 66.2 cm³/mol. The summed E-state index contributed by atoms with van der Waals surface area (Å²) < 4.78 is 0. The fourth-order valence-electron chi connectivity index (χ4n) is 1.21. The third-order valence-electron chi connectivity index (χ3n) is 2.21. The maximum atomic E-state index is 11.6. The zero-order valence-corrected chi connectivity index (χ0v) is 10.2. The van der Waals surface area contributed by atoms with Crippen LogP contribution in [0, 0.1) is 6.92 Å². The summed E-state index contributed by atoms with van der Waals surface area (Å²) in [6.45, 7) is 3.21. The number of rotatable bonds is 3. The van der Waals surface area contributed by atoms with Gasteiger partial charge in [-0.05, 0) is 31.5 Å². The number of halogens is 1. The molecule has 0 saturated carbocycles. The Hall–Kier alpha value is -1.81. The minimum absolute atomic E-state index is 0.122. The lowest BCUT2D eigenvalue weighted by Crippen LogP contribution is -2.14. The number of anilines is 1. The molecule has 1 rings (SSSR count). The number of amides is 1. The lowest BCUT2D eigenvalue weighted by atomic mass is 10.2. The summed E-state index contributed by atoms with van der Waals surface area (Å²) in [5.41, 5.74) is 1.43. The highest BCUT2D eigenvalue weighted by Crippen LogP contribution is 2.23. The highest BCUT2D eigenvalue weighted by molar-refractivity contribution is 6.31. The van der Waals surface area contributed by atoms with Gasteiger partial charge in [0.25, 0.3) is 5.91 Å². The molecule has 1 amide bonds. The molecule has 0 aromatic heterocycles. The Labute approximate surface area is 104 Å².